The fourth-order valence-electron chi connectivity index (χ4n) is 2.38. The van der Waals surface area contributed by atoms with Gasteiger partial charge in [-0.3, -0.25) is 5.32 Å². The molecule has 1 N–H and O–H groups in total. The Labute approximate surface area is 116 Å². The molecule has 2 rings (SSSR count). The van der Waals surface area contributed by atoms with Gasteiger partial charge in [0.05, 0.1) is 6.07 Å². The minimum atomic E-state index is -0.471. The number of hydrogen-bond acceptors (Lipinski definition) is 3. The zero-order chi connectivity index (χ0) is 13.9. The molecule has 0 spiro atoms. The molecule has 1 aliphatic carbocycles. The Morgan fingerprint density at radius 3 is 2.74 bits per heavy atom. The van der Waals surface area contributed by atoms with E-state index in [2.05, 4.69) is 54.4 Å². The first kappa shape index (κ1) is 13.9. The molecule has 1 unspecified atom stereocenters. The van der Waals surface area contributed by atoms with E-state index in [-0.39, 0.29) is 0 Å². The number of nitrogens with zero attached hydrogens (tertiary/aromatic N) is 2. The van der Waals surface area contributed by atoms with E-state index in [1.165, 1.54) is 24.1 Å². The average molecular weight is 257 g/mol. The lowest BCUT2D eigenvalue weighted by Crippen LogP contribution is -2.51. The highest BCUT2D eigenvalue weighted by Crippen LogP contribution is 2.24. The number of anilines is 1. The fourth-order valence-corrected chi connectivity index (χ4v) is 2.38. The third-order valence-electron chi connectivity index (χ3n) is 3.60. The fraction of sp³-hybridized carbons (Fsp3) is 0.562. The maximum Gasteiger partial charge on any atom is 0.121 e. The highest BCUT2D eigenvalue weighted by molar-refractivity contribution is 5.49. The minimum absolute atomic E-state index is 0.471. The van der Waals surface area contributed by atoms with Crippen molar-refractivity contribution in [3.63, 3.8) is 0 Å². The Balaban J connectivity index is 2.11. The molecule has 3 heteroatoms. The molecule has 1 atom stereocenters. The molecular weight excluding hydrogens is 234 g/mol. The van der Waals surface area contributed by atoms with E-state index < -0.39 is 5.54 Å². The van der Waals surface area contributed by atoms with Gasteiger partial charge in [-0.25, -0.2) is 0 Å². The van der Waals surface area contributed by atoms with E-state index >= 15 is 0 Å². The summed E-state index contributed by atoms with van der Waals surface area (Å²) >= 11 is 0. The van der Waals surface area contributed by atoms with Crippen molar-refractivity contribution in [1.29, 1.82) is 5.26 Å². The zero-order valence-electron chi connectivity index (χ0n) is 12.1. The van der Waals surface area contributed by atoms with Crippen LogP contribution < -0.4 is 10.2 Å². The van der Waals surface area contributed by atoms with E-state index in [4.69, 9.17) is 0 Å². The Bertz CT molecular complexity index is 473. The summed E-state index contributed by atoms with van der Waals surface area (Å²) < 4.78 is 0. The molecule has 1 aliphatic rings. The van der Waals surface area contributed by atoms with Gasteiger partial charge in [0.1, 0.15) is 5.54 Å². The number of hydrogen-bond donors (Lipinski definition) is 1. The average Bonchev–Trinajstić information content (AvgIpc) is 3.20. The molecule has 3 nitrogen and oxygen atoms in total. The van der Waals surface area contributed by atoms with E-state index in [1.807, 2.05) is 6.92 Å². The molecule has 1 fully saturated rings. The number of nitriles is 1. The van der Waals surface area contributed by atoms with E-state index in [9.17, 15) is 5.26 Å². The highest BCUT2D eigenvalue weighted by Gasteiger charge is 2.33. The summed E-state index contributed by atoms with van der Waals surface area (Å²) in [7, 11) is 0. The summed E-state index contributed by atoms with van der Waals surface area (Å²) in [5.74, 6) is 0. The lowest BCUT2D eigenvalue weighted by atomic mass is 10.0. The van der Waals surface area contributed by atoms with E-state index in [0.717, 1.165) is 13.1 Å². The Hall–Kier alpha value is -1.53. The zero-order valence-corrected chi connectivity index (χ0v) is 12.1. The molecule has 0 aromatic heterocycles. The van der Waals surface area contributed by atoms with Crippen LogP contribution in [0.15, 0.2) is 24.3 Å². The largest absolute Gasteiger partial charge is 0.369 e. The summed E-state index contributed by atoms with van der Waals surface area (Å²) in [5.41, 5.74) is 1.98. The van der Waals surface area contributed by atoms with Gasteiger partial charge in [0, 0.05) is 24.8 Å². The third kappa shape index (κ3) is 3.71. The first-order valence-corrected chi connectivity index (χ1v) is 7.07. The second-order valence-corrected chi connectivity index (χ2v) is 5.72. The van der Waals surface area contributed by atoms with Crippen molar-refractivity contribution < 1.29 is 0 Å². The molecule has 19 heavy (non-hydrogen) atoms. The topological polar surface area (TPSA) is 39.1 Å². The van der Waals surface area contributed by atoms with Gasteiger partial charge in [-0.1, -0.05) is 12.1 Å². The molecule has 0 heterocycles. The SMILES string of the molecule is CCN(CC(C)(C#N)NC1CC1)c1cccc(C)c1. The number of nitrogens with one attached hydrogen (secondary N) is 1. The quantitative estimate of drug-likeness (QED) is 0.851. The van der Waals surface area contributed by atoms with Crippen LogP contribution in [0, 0.1) is 18.3 Å². The van der Waals surface area contributed by atoms with Crippen molar-refractivity contribution >= 4 is 5.69 Å². The van der Waals surface area contributed by atoms with Crippen LogP contribution in [0.2, 0.25) is 0 Å². The summed E-state index contributed by atoms with van der Waals surface area (Å²) in [5, 5.41) is 12.9. The van der Waals surface area contributed by atoms with Crippen LogP contribution in [0.1, 0.15) is 32.3 Å². The lowest BCUT2D eigenvalue weighted by molar-refractivity contribution is 0.440. The number of aryl methyl sites for hydroxylation is 1. The van der Waals surface area contributed by atoms with Crippen molar-refractivity contribution in [2.24, 2.45) is 0 Å². The van der Waals surface area contributed by atoms with Gasteiger partial charge in [0.15, 0.2) is 0 Å². The molecule has 0 aliphatic heterocycles. The molecule has 1 aromatic carbocycles. The number of likely N-dealkylation sites (N-methyl/N-ethyl adjacent to an activating group) is 1. The number of benzene rings is 1. The molecule has 0 saturated heterocycles. The monoisotopic (exact) mass is 257 g/mol. The molecule has 1 aromatic rings. The lowest BCUT2D eigenvalue weighted by Gasteiger charge is -2.32. The molecule has 0 radical (unpaired) electrons. The van der Waals surface area contributed by atoms with Crippen LogP contribution in [0.5, 0.6) is 0 Å². The van der Waals surface area contributed by atoms with Crippen molar-refractivity contribution in [3.05, 3.63) is 29.8 Å². The summed E-state index contributed by atoms with van der Waals surface area (Å²) in [6.45, 7) is 7.87. The van der Waals surface area contributed by atoms with Crippen LogP contribution in [0.25, 0.3) is 0 Å². The van der Waals surface area contributed by atoms with E-state index in [0.29, 0.717) is 6.04 Å². The second-order valence-electron chi connectivity index (χ2n) is 5.72. The van der Waals surface area contributed by atoms with Crippen molar-refractivity contribution in [3.8, 4) is 6.07 Å². The molecule has 1 saturated carbocycles. The minimum Gasteiger partial charge on any atom is -0.369 e. The van der Waals surface area contributed by atoms with Crippen molar-refractivity contribution in [2.45, 2.75) is 45.2 Å². The Kier molecular flexibility index (Phi) is 4.11. The highest BCUT2D eigenvalue weighted by atomic mass is 15.2. The van der Waals surface area contributed by atoms with Gasteiger partial charge in [-0.05, 0) is 51.3 Å². The first-order chi connectivity index (χ1) is 9.06. The van der Waals surface area contributed by atoms with Gasteiger partial charge in [-0.2, -0.15) is 5.26 Å². The van der Waals surface area contributed by atoms with E-state index in [1.54, 1.807) is 0 Å². The van der Waals surface area contributed by atoms with Crippen LogP contribution in [-0.4, -0.2) is 24.7 Å². The van der Waals surface area contributed by atoms with Crippen LogP contribution in [0.3, 0.4) is 0 Å². The van der Waals surface area contributed by atoms with Crippen molar-refractivity contribution in [1.82, 2.24) is 5.32 Å². The van der Waals surface area contributed by atoms with Crippen molar-refractivity contribution in [2.75, 3.05) is 18.0 Å². The predicted octanol–water partition coefficient (Wildman–Crippen LogP) is 2.86. The standard InChI is InChI=1S/C16H23N3/c1-4-19(15-7-5-6-13(2)10-15)12-16(3,11-17)18-14-8-9-14/h5-7,10,14,18H,4,8-9,12H2,1-3H3. The molecule has 0 bridgehead atoms. The molecule has 102 valence electrons. The Morgan fingerprint density at radius 1 is 1.47 bits per heavy atom. The van der Waals surface area contributed by atoms with Gasteiger partial charge >= 0.3 is 0 Å². The predicted molar refractivity (Wildman–Crippen MR) is 79.2 cm³/mol. The van der Waals surface area contributed by atoms with Crippen LogP contribution >= 0.6 is 0 Å². The molecular formula is C16H23N3. The van der Waals surface area contributed by atoms with Gasteiger partial charge in [-0.15, -0.1) is 0 Å². The van der Waals surface area contributed by atoms with Crippen LogP contribution in [-0.2, 0) is 0 Å². The summed E-state index contributed by atoms with van der Waals surface area (Å²) in [6, 6.07) is 11.5. The normalized spacial score (nSPS) is 17.6. The first-order valence-electron chi connectivity index (χ1n) is 7.07. The third-order valence-corrected chi connectivity index (χ3v) is 3.60. The van der Waals surface area contributed by atoms with Gasteiger partial charge in [0.2, 0.25) is 0 Å². The second kappa shape index (κ2) is 5.63. The number of rotatable bonds is 6. The maximum absolute atomic E-state index is 9.47. The molecule has 0 amide bonds. The summed E-state index contributed by atoms with van der Waals surface area (Å²) in [6.07, 6.45) is 2.40. The van der Waals surface area contributed by atoms with Gasteiger partial charge < -0.3 is 4.90 Å². The van der Waals surface area contributed by atoms with Crippen LogP contribution in [0.4, 0.5) is 5.69 Å². The maximum atomic E-state index is 9.47. The Morgan fingerprint density at radius 2 is 2.21 bits per heavy atom. The smallest absolute Gasteiger partial charge is 0.121 e. The van der Waals surface area contributed by atoms with Gasteiger partial charge in [0.25, 0.3) is 0 Å². The summed E-state index contributed by atoms with van der Waals surface area (Å²) in [4.78, 5) is 2.27.